The Labute approximate surface area is 137 Å². The van der Waals surface area contributed by atoms with E-state index in [0.29, 0.717) is 11.6 Å². The van der Waals surface area contributed by atoms with Crippen molar-refractivity contribution in [3.63, 3.8) is 0 Å². The molecule has 0 amide bonds. The van der Waals surface area contributed by atoms with Crippen LogP contribution in [-0.2, 0) is 5.41 Å². The first-order valence-electron chi connectivity index (χ1n) is 8.12. The third-order valence-corrected chi connectivity index (χ3v) is 4.26. The van der Waals surface area contributed by atoms with Gasteiger partial charge in [0, 0.05) is 24.7 Å². The van der Waals surface area contributed by atoms with Crippen molar-refractivity contribution in [1.29, 1.82) is 5.26 Å². The van der Waals surface area contributed by atoms with Gasteiger partial charge in [-0.2, -0.15) is 5.26 Å². The third kappa shape index (κ3) is 3.34. The molecule has 1 fully saturated rings. The molecule has 3 rings (SSSR count). The lowest BCUT2D eigenvalue weighted by molar-refractivity contribution is 0.590. The molecule has 0 spiro atoms. The third-order valence-electron chi connectivity index (χ3n) is 4.26. The van der Waals surface area contributed by atoms with E-state index in [9.17, 15) is 5.26 Å². The van der Waals surface area contributed by atoms with Gasteiger partial charge in [0.2, 0.25) is 5.95 Å². The molecular formula is C19H22N4. The van der Waals surface area contributed by atoms with Crippen LogP contribution in [0.3, 0.4) is 0 Å². The van der Waals surface area contributed by atoms with Gasteiger partial charge in [-0.3, -0.25) is 0 Å². The SMILES string of the molecule is CC(C)(C)c1ccc(-c2cc(C#N)nc(N3CCCC3)n2)cc1. The smallest absolute Gasteiger partial charge is 0.227 e. The molecule has 23 heavy (non-hydrogen) atoms. The fourth-order valence-electron chi connectivity index (χ4n) is 2.84. The van der Waals surface area contributed by atoms with Crippen LogP contribution in [0.15, 0.2) is 30.3 Å². The minimum atomic E-state index is 0.128. The molecule has 2 aromatic rings. The van der Waals surface area contributed by atoms with Crippen molar-refractivity contribution in [2.75, 3.05) is 18.0 Å². The summed E-state index contributed by atoms with van der Waals surface area (Å²) in [7, 11) is 0. The number of nitrogens with zero attached hydrogens (tertiary/aromatic N) is 4. The maximum absolute atomic E-state index is 9.27. The highest BCUT2D eigenvalue weighted by atomic mass is 15.3. The molecule has 0 aliphatic carbocycles. The second-order valence-corrected chi connectivity index (χ2v) is 7.07. The first-order valence-corrected chi connectivity index (χ1v) is 8.12. The molecule has 0 unspecified atom stereocenters. The Morgan fingerprint density at radius 2 is 1.70 bits per heavy atom. The van der Waals surface area contributed by atoms with Gasteiger partial charge in [0.25, 0.3) is 0 Å². The van der Waals surface area contributed by atoms with Gasteiger partial charge in [-0.05, 0) is 23.8 Å². The minimum Gasteiger partial charge on any atom is -0.341 e. The Morgan fingerprint density at radius 1 is 1.04 bits per heavy atom. The summed E-state index contributed by atoms with van der Waals surface area (Å²) in [5.41, 5.74) is 3.69. The average Bonchev–Trinajstić information content (AvgIpc) is 3.08. The van der Waals surface area contributed by atoms with Gasteiger partial charge >= 0.3 is 0 Å². The summed E-state index contributed by atoms with van der Waals surface area (Å²) in [5, 5.41) is 9.27. The molecule has 118 valence electrons. The van der Waals surface area contributed by atoms with Crippen molar-refractivity contribution in [2.24, 2.45) is 0 Å². The van der Waals surface area contributed by atoms with Crippen molar-refractivity contribution >= 4 is 5.95 Å². The Morgan fingerprint density at radius 3 is 2.26 bits per heavy atom. The summed E-state index contributed by atoms with van der Waals surface area (Å²) in [5.74, 6) is 0.677. The number of hydrogen-bond acceptors (Lipinski definition) is 4. The Kier molecular flexibility index (Phi) is 4.04. The van der Waals surface area contributed by atoms with Crippen LogP contribution in [0.2, 0.25) is 0 Å². The molecule has 1 aromatic carbocycles. The average molecular weight is 306 g/mol. The molecule has 1 saturated heterocycles. The van der Waals surface area contributed by atoms with Crippen LogP contribution in [0.4, 0.5) is 5.95 Å². The number of hydrogen-bond donors (Lipinski definition) is 0. The van der Waals surface area contributed by atoms with Crippen molar-refractivity contribution < 1.29 is 0 Å². The van der Waals surface area contributed by atoms with E-state index in [2.05, 4.69) is 66.0 Å². The number of benzene rings is 1. The van der Waals surface area contributed by atoms with Gasteiger partial charge in [0.15, 0.2) is 0 Å². The van der Waals surface area contributed by atoms with E-state index >= 15 is 0 Å². The van der Waals surface area contributed by atoms with Crippen LogP contribution in [0, 0.1) is 11.3 Å². The molecule has 4 nitrogen and oxygen atoms in total. The zero-order chi connectivity index (χ0) is 16.4. The molecule has 0 bridgehead atoms. The summed E-state index contributed by atoms with van der Waals surface area (Å²) in [6.07, 6.45) is 2.32. The number of rotatable bonds is 2. The Balaban J connectivity index is 1.98. The van der Waals surface area contributed by atoms with E-state index in [1.165, 1.54) is 5.56 Å². The second-order valence-electron chi connectivity index (χ2n) is 7.07. The number of aromatic nitrogens is 2. The quantitative estimate of drug-likeness (QED) is 0.844. The van der Waals surface area contributed by atoms with Crippen molar-refractivity contribution in [3.8, 4) is 17.3 Å². The molecule has 0 saturated carbocycles. The molecule has 1 aliphatic heterocycles. The monoisotopic (exact) mass is 306 g/mol. The molecule has 2 heterocycles. The maximum atomic E-state index is 9.27. The van der Waals surface area contributed by atoms with E-state index < -0.39 is 0 Å². The lowest BCUT2D eigenvalue weighted by Crippen LogP contribution is -2.21. The van der Waals surface area contributed by atoms with Crippen LogP contribution in [0.1, 0.15) is 44.9 Å². The highest BCUT2D eigenvalue weighted by molar-refractivity contribution is 5.62. The molecular weight excluding hydrogens is 284 g/mol. The van der Waals surface area contributed by atoms with E-state index in [1.54, 1.807) is 6.07 Å². The van der Waals surface area contributed by atoms with Gasteiger partial charge in [-0.1, -0.05) is 45.0 Å². The Hall–Kier alpha value is -2.41. The van der Waals surface area contributed by atoms with E-state index in [4.69, 9.17) is 0 Å². The fourth-order valence-corrected chi connectivity index (χ4v) is 2.84. The van der Waals surface area contributed by atoms with E-state index in [-0.39, 0.29) is 5.41 Å². The number of nitriles is 1. The summed E-state index contributed by atoms with van der Waals surface area (Å²) < 4.78 is 0. The van der Waals surface area contributed by atoms with Crippen molar-refractivity contribution in [2.45, 2.75) is 39.0 Å². The largest absolute Gasteiger partial charge is 0.341 e. The molecule has 1 aliphatic rings. The standard InChI is InChI=1S/C19H22N4/c1-19(2,3)15-8-6-14(7-9-15)17-12-16(13-20)21-18(22-17)23-10-4-5-11-23/h6-9,12H,4-5,10-11H2,1-3H3. The topological polar surface area (TPSA) is 52.8 Å². The van der Waals surface area contributed by atoms with Crippen molar-refractivity contribution in [1.82, 2.24) is 9.97 Å². The highest BCUT2D eigenvalue weighted by Gasteiger charge is 2.18. The molecule has 0 N–H and O–H groups in total. The van der Waals surface area contributed by atoms with Crippen LogP contribution < -0.4 is 4.90 Å². The van der Waals surface area contributed by atoms with E-state index in [0.717, 1.165) is 37.2 Å². The Bertz CT molecular complexity index is 729. The van der Waals surface area contributed by atoms with E-state index in [1.807, 2.05) is 0 Å². The predicted octanol–water partition coefficient (Wildman–Crippen LogP) is 3.91. The molecule has 1 aromatic heterocycles. The van der Waals surface area contributed by atoms with Gasteiger partial charge in [-0.15, -0.1) is 0 Å². The highest BCUT2D eigenvalue weighted by Crippen LogP contribution is 2.27. The first kappa shape index (κ1) is 15.5. The summed E-state index contributed by atoms with van der Waals surface area (Å²) in [6.45, 7) is 8.54. The maximum Gasteiger partial charge on any atom is 0.227 e. The predicted molar refractivity (Wildman–Crippen MR) is 92.3 cm³/mol. The second kappa shape index (κ2) is 6.00. The lowest BCUT2D eigenvalue weighted by atomic mass is 9.86. The molecule has 0 radical (unpaired) electrons. The zero-order valence-electron chi connectivity index (χ0n) is 14.0. The van der Waals surface area contributed by atoms with Crippen LogP contribution >= 0.6 is 0 Å². The van der Waals surface area contributed by atoms with Crippen LogP contribution in [0.25, 0.3) is 11.3 Å². The summed E-state index contributed by atoms with van der Waals surface area (Å²) in [4.78, 5) is 11.2. The summed E-state index contributed by atoms with van der Waals surface area (Å²) >= 11 is 0. The fraction of sp³-hybridized carbons (Fsp3) is 0.421. The lowest BCUT2D eigenvalue weighted by Gasteiger charge is -2.19. The summed E-state index contributed by atoms with van der Waals surface area (Å²) in [6, 6.07) is 12.4. The van der Waals surface area contributed by atoms with Crippen LogP contribution in [0.5, 0.6) is 0 Å². The molecule has 4 heteroatoms. The van der Waals surface area contributed by atoms with Gasteiger partial charge in [-0.25, -0.2) is 9.97 Å². The first-order chi connectivity index (χ1) is 11.0. The van der Waals surface area contributed by atoms with Gasteiger partial charge < -0.3 is 4.90 Å². The van der Waals surface area contributed by atoms with Crippen LogP contribution in [-0.4, -0.2) is 23.1 Å². The number of anilines is 1. The normalized spacial score (nSPS) is 14.8. The molecule has 0 atom stereocenters. The van der Waals surface area contributed by atoms with Gasteiger partial charge in [0.1, 0.15) is 11.8 Å². The van der Waals surface area contributed by atoms with Crippen molar-refractivity contribution in [3.05, 3.63) is 41.6 Å². The van der Waals surface area contributed by atoms with Gasteiger partial charge in [0.05, 0.1) is 5.69 Å². The minimum absolute atomic E-state index is 0.128. The zero-order valence-corrected chi connectivity index (χ0v) is 14.0.